The lowest BCUT2D eigenvalue weighted by atomic mass is 10.1. The van der Waals surface area contributed by atoms with E-state index in [2.05, 4.69) is 11.1 Å². The van der Waals surface area contributed by atoms with Crippen LogP contribution in [0.15, 0.2) is 55.1 Å². The van der Waals surface area contributed by atoms with Gasteiger partial charge in [0.15, 0.2) is 6.79 Å². The van der Waals surface area contributed by atoms with Crippen LogP contribution in [0.25, 0.3) is 16.8 Å². The van der Waals surface area contributed by atoms with E-state index in [1.807, 2.05) is 18.3 Å². The van der Waals surface area contributed by atoms with E-state index in [9.17, 15) is 15.2 Å². The van der Waals surface area contributed by atoms with Gasteiger partial charge in [0, 0.05) is 49.2 Å². The van der Waals surface area contributed by atoms with Crippen LogP contribution < -0.4 is 4.74 Å². The molecular formula is C19H15N3O4. The molecule has 0 saturated heterocycles. The highest BCUT2D eigenvalue weighted by molar-refractivity contribution is 5.91. The Morgan fingerprint density at radius 1 is 1.27 bits per heavy atom. The first kappa shape index (κ1) is 17.2. The molecule has 0 amide bonds. The van der Waals surface area contributed by atoms with Crippen molar-refractivity contribution < 1.29 is 19.4 Å². The van der Waals surface area contributed by atoms with Gasteiger partial charge in [-0.15, -0.1) is 0 Å². The minimum Gasteiger partial charge on any atom is -0.478 e. The standard InChI is InChI=1S/C19H15N3O4/c1-25-12-26-18-8-15(2-3-16(18)19(23)24)22-10-14(9-20)17(11-22)13-4-6-21-7-5-13/h2-8,10-11H,12H2,1H3,(H,23,24). The largest absolute Gasteiger partial charge is 0.478 e. The Labute approximate surface area is 149 Å². The highest BCUT2D eigenvalue weighted by atomic mass is 16.7. The van der Waals surface area contributed by atoms with Gasteiger partial charge in [-0.1, -0.05) is 0 Å². The molecule has 2 aromatic heterocycles. The zero-order valence-corrected chi connectivity index (χ0v) is 13.9. The van der Waals surface area contributed by atoms with Crippen LogP contribution in [0.5, 0.6) is 5.75 Å². The highest BCUT2D eigenvalue weighted by Gasteiger charge is 2.15. The molecule has 3 aromatic rings. The number of nitriles is 1. The van der Waals surface area contributed by atoms with Gasteiger partial charge in [0.2, 0.25) is 0 Å². The molecule has 0 fully saturated rings. The summed E-state index contributed by atoms with van der Waals surface area (Å²) in [6.45, 7) is -0.0683. The Hall–Kier alpha value is -3.63. The molecular weight excluding hydrogens is 334 g/mol. The monoisotopic (exact) mass is 349 g/mol. The fourth-order valence-electron chi connectivity index (χ4n) is 2.54. The SMILES string of the molecule is COCOc1cc(-n2cc(C#N)c(-c3ccncc3)c2)ccc1C(=O)O. The van der Waals surface area contributed by atoms with Crippen LogP contribution in [0.2, 0.25) is 0 Å². The normalized spacial score (nSPS) is 10.3. The second-order valence-electron chi connectivity index (χ2n) is 5.38. The van der Waals surface area contributed by atoms with Gasteiger partial charge in [0.25, 0.3) is 0 Å². The number of pyridine rings is 1. The molecule has 0 radical (unpaired) electrons. The smallest absolute Gasteiger partial charge is 0.339 e. The summed E-state index contributed by atoms with van der Waals surface area (Å²) >= 11 is 0. The van der Waals surface area contributed by atoms with E-state index in [1.165, 1.54) is 13.2 Å². The second kappa shape index (κ2) is 7.51. The summed E-state index contributed by atoms with van der Waals surface area (Å²) in [4.78, 5) is 15.3. The third-order valence-electron chi connectivity index (χ3n) is 3.76. The minimum atomic E-state index is -1.09. The first-order chi connectivity index (χ1) is 12.6. The van der Waals surface area contributed by atoms with Crippen LogP contribution >= 0.6 is 0 Å². The fourth-order valence-corrected chi connectivity index (χ4v) is 2.54. The van der Waals surface area contributed by atoms with Crippen molar-refractivity contribution in [3.05, 3.63) is 66.2 Å². The van der Waals surface area contributed by atoms with Gasteiger partial charge < -0.3 is 19.1 Å². The van der Waals surface area contributed by atoms with Crippen LogP contribution in [-0.2, 0) is 4.74 Å². The van der Waals surface area contributed by atoms with Crippen molar-refractivity contribution in [2.24, 2.45) is 0 Å². The second-order valence-corrected chi connectivity index (χ2v) is 5.38. The molecule has 3 rings (SSSR count). The number of nitrogens with zero attached hydrogens (tertiary/aromatic N) is 3. The number of benzene rings is 1. The molecule has 0 aliphatic heterocycles. The molecule has 130 valence electrons. The van der Waals surface area contributed by atoms with Gasteiger partial charge in [-0.05, 0) is 29.8 Å². The lowest BCUT2D eigenvalue weighted by Gasteiger charge is -2.11. The summed E-state index contributed by atoms with van der Waals surface area (Å²) in [6, 6.07) is 10.5. The summed E-state index contributed by atoms with van der Waals surface area (Å²) in [5.41, 5.74) is 2.83. The Bertz CT molecular complexity index is 974. The molecule has 1 aromatic carbocycles. The number of aromatic carboxylic acids is 1. The van der Waals surface area contributed by atoms with E-state index < -0.39 is 5.97 Å². The van der Waals surface area contributed by atoms with Gasteiger partial charge >= 0.3 is 5.97 Å². The summed E-state index contributed by atoms with van der Waals surface area (Å²) in [7, 11) is 1.45. The summed E-state index contributed by atoms with van der Waals surface area (Å²) < 4.78 is 12.0. The van der Waals surface area contributed by atoms with Crippen molar-refractivity contribution in [1.82, 2.24) is 9.55 Å². The lowest BCUT2D eigenvalue weighted by molar-refractivity contribution is 0.0483. The third kappa shape index (κ3) is 3.41. The fraction of sp³-hybridized carbons (Fsp3) is 0.105. The molecule has 0 unspecified atom stereocenters. The maximum atomic E-state index is 11.3. The molecule has 2 heterocycles. The Kier molecular flexibility index (Phi) is 4.97. The van der Waals surface area contributed by atoms with Gasteiger partial charge in [-0.25, -0.2) is 4.79 Å². The zero-order chi connectivity index (χ0) is 18.5. The number of carboxylic acid groups (broad SMARTS) is 1. The number of aromatic nitrogens is 2. The molecule has 0 atom stereocenters. The van der Waals surface area contributed by atoms with Crippen LogP contribution in [0.3, 0.4) is 0 Å². The third-order valence-corrected chi connectivity index (χ3v) is 3.76. The Morgan fingerprint density at radius 2 is 2.04 bits per heavy atom. The molecule has 0 spiro atoms. The maximum Gasteiger partial charge on any atom is 0.339 e. The van der Waals surface area contributed by atoms with Crippen molar-refractivity contribution in [2.45, 2.75) is 0 Å². The van der Waals surface area contributed by atoms with E-state index in [0.29, 0.717) is 11.3 Å². The van der Waals surface area contributed by atoms with Crippen LogP contribution in [0, 0.1) is 11.3 Å². The van der Waals surface area contributed by atoms with Crippen LogP contribution in [0.1, 0.15) is 15.9 Å². The number of ether oxygens (including phenoxy) is 2. The highest BCUT2D eigenvalue weighted by Crippen LogP contribution is 2.28. The first-order valence-corrected chi connectivity index (χ1v) is 7.66. The van der Waals surface area contributed by atoms with Crippen LogP contribution in [0.4, 0.5) is 0 Å². The predicted molar refractivity (Wildman–Crippen MR) is 93.2 cm³/mol. The van der Waals surface area contributed by atoms with E-state index in [-0.39, 0.29) is 18.1 Å². The number of methoxy groups -OCH3 is 1. The average Bonchev–Trinajstić information content (AvgIpc) is 3.11. The molecule has 0 aliphatic rings. The predicted octanol–water partition coefficient (Wildman–Crippen LogP) is 3.09. The average molecular weight is 349 g/mol. The zero-order valence-electron chi connectivity index (χ0n) is 13.9. The van der Waals surface area contributed by atoms with E-state index in [4.69, 9.17) is 9.47 Å². The summed E-state index contributed by atoms with van der Waals surface area (Å²) in [5, 5.41) is 18.7. The van der Waals surface area contributed by atoms with Crippen molar-refractivity contribution in [1.29, 1.82) is 5.26 Å². The molecule has 0 aliphatic carbocycles. The molecule has 0 bridgehead atoms. The molecule has 26 heavy (non-hydrogen) atoms. The topological polar surface area (TPSA) is 97.4 Å². The number of hydrogen-bond acceptors (Lipinski definition) is 5. The van der Waals surface area contributed by atoms with Gasteiger partial charge in [-0.2, -0.15) is 5.26 Å². The van der Waals surface area contributed by atoms with Crippen molar-refractivity contribution in [3.8, 4) is 28.6 Å². The summed E-state index contributed by atoms with van der Waals surface area (Å²) in [6.07, 6.45) is 6.81. The van der Waals surface area contributed by atoms with E-state index >= 15 is 0 Å². The van der Waals surface area contributed by atoms with Crippen LogP contribution in [-0.4, -0.2) is 34.5 Å². The van der Waals surface area contributed by atoms with Gasteiger partial charge in [-0.3, -0.25) is 4.98 Å². The van der Waals surface area contributed by atoms with Crippen molar-refractivity contribution >= 4 is 5.97 Å². The maximum absolute atomic E-state index is 11.3. The van der Waals surface area contributed by atoms with E-state index in [0.717, 1.165) is 11.1 Å². The van der Waals surface area contributed by atoms with Gasteiger partial charge in [0.05, 0.1) is 5.56 Å². The molecule has 7 heteroatoms. The quantitative estimate of drug-likeness (QED) is 0.687. The summed E-state index contributed by atoms with van der Waals surface area (Å²) in [5.74, 6) is -0.903. The number of rotatable bonds is 6. The number of carboxylic acids is 1. The van der Waals surface area contributed by atoms with Gasteiger partial charge in [0.1, 0.15) is 17.4 Å². The number of carbonyl (C=O) groups is 1. The lowest BCUT2D eigenvalue weighted by Crippen LogP contribution is -2.06. The number of hydrogen-bond donors (Lipinski definition) is 1. The Morgan fingerprint density at radius 3 is 2.69 bits per heavy atom. The molecule has 0 saturated carbocycles. The van der Waals surface area contributed by atoms with E-state index in [1.54, 1.807) is 35.3 Å². The molecule has 1 N–H and O–H groups in total. The van der Waals surface area contributed by atoms with Crippen molar-refractivity contribution in [2.75, 3.05) is 13.9 Å². The minimum absolute atomic E-state index is 0.0350. The first-order valence-electron chi connectivity index (χ1n) is 7.66. The molecule has 7 nitrogen and oxygen atoms in total. The van der Waals surface area contributed by atoms with Crippen molar-refractivity contribution in [3.63, 3.8) is 0 Å². The Balaban J connectivity index is 2.05.